The zero-order valence-corrected chi connectivity index (χ0v) is 17.0. The van der Waals surface area contributed by atoms with Crippen LogP contribution >= 0.6 is 12.2 Å². The molecule has 1 saturated carbocycles. The summed E-state index contributed by atoms with van der Waals surface area (Å²) in [6.07, 6.45) is 4.16. The van der Waals surface area contributed by atoms with E-state index in [-0.39, 0.29) is 12.1 Å². The van der Waals surface area contributed by atoms with E-state index in [1.807, 2.05) is 38.1 Å². The van der Waals surface area contributed by atoms with E-state index in [1.165, 1.54) is 6.42 Å². The number of allylic oxidation sites excluding steroid dienone is 1. The van der Waals surface area contributed by atoms with Gasteiger partial charge in [-0.25, -0.2) is 4.79 Å². The predicted molar refractivity (Wildman–Crippen MR) is 109 cm³/mol. The molecule has 27 heavy (non-hydrogen) atoms. The van der Waals surface area contributed by atoms with Crippen molar-refractivity contribution >= 4 is 23.3 Å². The number of nitrogens with one attached hydrogen (secondary N) is 2. The second-order valence-corrected chi connectivity index (χ2v) is 7.75. The normalized spacial score (nSPS) is 25.4. The Balaban J connectivity index is 1.89. The van der Waals surface area contributed by atoms with Crippen LogP contribution in [0, 0.1) is 5.92 Å². The van der Waals surface area contributed by atoms with Gasteiger partial charge in [-0.1, -0.05) is 31.5 Å². The summed E-state index contributed by atoms with van der Waals surface area (Å²) in [5, 5.41) is 6.78. The van der Waals surface area contributed by atoms with Gasteiger partial charge >= 0.3 is 5.97 Å². The molecule has 0 saturated heterocycles. The molecular formula is C21H28N2O3S. The van der Waals surface area contributed by atoms with Crippen LogP contribution in [0.1, 0.15) is 58.1 Å². The Kier molecular flexibility index (Phi) is 6.37. The van der Waals surface area contributed by atoms with Gasteiger partial charge in [-0.05, 0) is 57.3 Å². The highest BCUT2D eigenvalue weighted by Gasteiger charge is 2.34. The summed E-state index contributed by atoms with van der Waals surface area (Å²) in [4.78, 5) is 13.1. The van der Waals surface area contributed by atoms with Crippen LogP contribution in [0.5, 0.6) is 5.75 Å². The fraction of sp³-hybridized carbons (Fsp3) is 0.524. The SMILES string of the molecule is CCOc1ccccc1[C@@H]1NC(=S)NC(C)=C1C(=O)O[C@@H]1CCC[C@H](C)C1. The zero-order chi connectivity index (χ0) is 19.4. The number of carbonyl (C=O) groups is 1. The molecule has 3 atom stereocenters. The molecule has 146 valence electrons. The van der Waals surface area contributed by atoms with Crippen LogP contribution in [0.25, 0.3) is 0 Å². The molecule has 2 aliphatic rings. The molecule has 0 spiro atoms. The van der Waals surface area contributed by atoms with E-state index in [2.05, 4.69) is 17.6 Å². The van der Waals surface area contributed by atoms with Crippen LogP contribution in [-0.4, -0.2) is 23.8 Å². The van der Waals surface area contributed by atoms with Gasteiger partial charge in [0.25, 0.3) is 0 Å². The lowest BCUT2D eigenvalue weighted by Gasteiger charge is -2.32. The lowest BCUT2D eigenvalue weighted by Crippen LogP contribution is -2.45. The molecule has 1 heterocycles. The van der Waals surface area contributed by atoms with E-state index < -0.39 is 6.04 Å². The molecule has 1 fully saturated rings. The van der Waals surface area contributed by atoms with Crippen molar-refractivity contribution in [2.24, 2.45) is 5.92 Å². The third-order valence-corrected chi connectivity index (χ3v) is 5.40. The summed E-state index contributed by atoms with van der Waals surface area (Å²) < 4.78 is 11.7. The van der Waals surface area contributed by atoms with Gasteiger partial charge in [-0.3, -0.25) is 0 Å². The summed E-state index contributed by atoms with van der Waals surface area (Å²) in [6.45, 7) is 6.57. The van der Waals surface area contributed by atoms with Gasteiger partial charge < -0.3 is 20.1 Å². The third-order valence-electron chi connectivity index (χ3n) is 5.18. The number of benzene rings is 1. The predicted octanol–water partition coefficient (Wildman–Crippen LogP) is 4.00. The van der Waals surface area contributed by atoms with Crippen LogP contribution in [0.15, 0.2) is 35.5 Å². The second kappa shape index (κ2) is 8.74. The molecular weight excluding hydrogens is 360 g/mol. The minimum Gasteiger partial charge on any atom is -0.494 e. The lowest BCUT2D eigenvalue weighted by atomic mass is 9.88. The van der Waals surface area contributed by atoms with Crippen molar-refractivity contribution in [2.75, 3.05) is 6.61 Å². The molecule has 0 unspecified atom stereocenters. The minimum absolute atomic E-state index is 0.0155. The van der Waals surface area contributed by atoms with Crippen molar-refractivity contribution < 1.29 is 14.3 Å². The fourth-order valence-corrected chi connectivity index (χ4v) is 4.17. The number of thiocarbonyl (C=S) groups is 1. The first-order valence-electron chi connectivity index (χ1n) is 9.70. The minimum atomic E-state index is -0.394. The standard InChI is InChI=1S/C21H28N2O3S/c1-4-25-17-11-6-5-10-16(17)19-18(14(3)22-21(27)23-19)20(24)26-15-9-7-8-13(2)12-15/h5-6,10-11,13,15,19H,4,7-9,12H2,1-3H3,(H2,22,23,27)/t13-,15+,19-/m0/s1. The monoisotopic (exact) mass is 388 g/mol. The molecule has 1 aromatic carbocycles. The number of esters is 1. The van der Waals surface area contributed by atoms with Crippen LogP contribution in [-0.2, 0) is 9.53 Å². The molecule has 6 heteroatoms. The maximum absolute atomic E-state index is 13.1. The molecule has 1 aromatic rings. The first-order chi connectivity index (χ1) is 13.0. The van der Waals surface area contributed by atoms with Crippen molar-refractivity contribution in [3.63, 3.8) is 0 Å². The van der Waals surface area contributed by atoms with Gasteiger partial charge in [-0.2, -0.15) is 0 Å². The van der Waals surface area contributed by atoms with Gasteiger partial charge in [0.15, 0.2) is 5.11 Å². The van der Waals surface area contributed by atoms with E-state index in [1.54, 1.807) is 0 Å². The maximum Gasteiger partial charge on any atom is 0.338 e. The molecule has 0 radical (unpaired) electrons. The zero-order valence-electron chi connectivity index (χ0n) is 16.2. The highest BCUT2D eigenvalue weighted by molar-refractivity contribution is 7.80. The van der Waals surface area contributed by atoms with Gasteiger partial charge in [0, 0.05) is 11.3 Å². The molecule has 0 aromatic heterocycles. The average molecular weight is 389 g/mol. The number of hydrogen-bond acceptors (Lipinski definition) is 4. The Hall–Kier alpha value is -2.08. The number of ether oxygens (including phenoxy) is 2. The summed E-state index contributed by atoms with van der Waals surface area (Å²) >= 11 is 5.33. The Bertz CT molecular complexity index is 747. The molecule has 1 aliphatic heterocycles. The largest absolute Gasteiger partial charge is 0.494 e. The number of hydrogen-bond donors (Lipinski definition) is 2. The maximum atomic E-state index is 13.1. The van der Waals surface area contributed by atoms with E-state index in [9.17, 15) is 4.79 Å². The van der Waals surface area contributed by atoms with E-state index in [0.29, 0.717) is 23.2 Å². The molecule has 0 bridgehead atoms. The smallest absolute Gasteiger partial charge is 0.338 e. The number of rotatable bonds is 5. The van der Waals surface area contributed by atoms with Crippen molar-refractivity contribution in [2.45, 2.75) is 58.6 Å². The van der Waals surface area contributed by atoms with E-state index >= 15 is 0 Å². The summed E-state index contributed by atoms with van der Waals surface area (Å²) in [5.74, 6) is 1.05. The van der Waals surface area contributed by atoms with Gasteiger partial charge in [0.05, 0.1) is 18.2 Å². The van der Waals surface area contributed by atoms with Gasteiger partial charge in [0.1, 0.15) is 11.9 Å². The van der Waals surface area contributed by atoms with E-state index in [4.69, 9.17) is 21.7 Å². The molecule has 5 nitrogen and oxygen atoms in total. The Morgan fingerprint density at radius 3 is 2.81 bits per heavy atom. The molecule has 2 N–H and O–H groups in total. The van der Waals surface area contributed by atoms with Crippen LogP contribution in [0.4, 0.5) is 0 Å². The van der Waals surface area contributed by atoms with Gasteiger partial charge in [0.2, 0.25) is 0 Å². The Morgan fingerprint density at radius 2 is 2.07 bits per heavy atom. The highest BCUT2D eigenvalue weighted by Crippen LogP contribution is 2.35. The van der Waals surface area contributed by atoms with Crippen molar-refractivity contribution in [1.82, 2.24) is 10.6 Å². The molecule has 1 aliphatic carbocycles. The topological polar surface area (TPSA) is 59.6 Å². The summed E-state index contributed by atoms with van der Waals surface area (Å²) in [6, 6.07) is 7.33. The Labute approximate surface area is 166 Å². The average Bonchev–Trinajstić information content (AvgIpc) is 2.61. The quantitative estimate of drug-likeness (QED) is 0.587. The van der Waals surface area contributed by atoms with Crippen LogP contribution < -0.4 is 15.4 Å². The number of para-hydroxylation sites is 1. The Morgan fingerprint density at radius 1 is 1.30 bits per heavy atom. The van der Waals surface area contributed by atoms with Crippen molar-refractivity contribution in [3.05, 3.63) is 41.1 Å². The lowest BCUT2D eigenvalue weighted by molar-refractivity contribution is -0.146. The first-order valence-corrected chi connectivity index (χ1v) is 10.1. The second-order valence-electron chi connectivity index (χ2n) is 7.34. The summed E-state index contributed by atoms with van der Waals surface area (Å²) in [7, 11) is 0. The molecule has 0 amide bonds. The van der Waals surface area contributed by atoms with Crippen molar-refractivity contribution in [1.29, 1.82) is 0 Å². The fourth-order valence-electron chi connectivity index (χ4n) is 3.90. The van der Waals surface area contributed by atoms with Gasteiger partial charge in [-0.15, -0.1) is 0 Å². The van der Waals surface area contributed by atoms with Crippen LogP contribution in [0.2, 0.25) is 0 Å². The first kappa shape index (κ1) is 19.7. The molecule has 3 rings (SSSR count). The highest BCUT2D eigenvalue weighted by atomic mass is 32.1. The van der Waals surface area contributed by atoms with Crippen molar-refractivity contribution in [3.8, 4) is 5.75 Å². The summed E-state index contributed by atoms with van der Waals surface area (Å²) in [5.41, 5.74) is 2.17. The van der Waals surface area contributed by atoms with Crippen LogP contribution in [0.3, 0.4) is 0 Å². The van der Waals surface area contributed by atoms with E-state index in [0.717, 1.165) is 36.3 Å². The third kappa shape index (κ3) is 4.61. The number of carbonyl (C=O) groups excluding carboxylic acids is 1.